The molecule has 1 aliphatic heterocycles. The number of hydrogen-bond donors (Lipinski definition) is 3. The van der Waals surface area contributed by atoms with Gasteiger partial charge in [0.15, 0.2) is 0 Å². The summed E-state index contributed by atoms with van der Waals surface area (Å²) >= 11 is 0. The lowest BCUT2D eigenvalue weighted by Crippen LogP contribution is -2.38. The number of nitrogens with zero attached hydrogens (tertiary/aromatic N) is 2. The average molecular weight is 213 g/mol. The van der Waals surface area contributed by atoms with Crippen molar-refractivity contribution in [2.24, 2.45) is 16.6 Å². The second-order valence-corrected chi connectivity index (χ2v) is 4.02. The molecule has 0 aromatic heterocycles. The Labute approximate surface area is 91.9 Å². The van der Waals surface area contributed by atoms with Crippen molar-refractivity contribution in [1.82, 2.24) is 10.3 Å². The zero-order valence-electron chi connectivity index (χ0n) is 9.41. The maximum absolute atomic E-state index is 5.44. The highest BCUT2D eigenvalue weighted by molar-refractivity contribution is 5.77. The molecule has 1 fully saturated rings. The van der Waals surface area contributed by atoms with Crippen molar-refractivity contribution in [1.29, 1.82) is 0 Å². The van der Waals surface area contributed by atoms with Gasteiger partial charge in [-0.25, -0.2) is 5.84 Å². The van der Waals surface area contributed by atoms with E-state index in [9.17, 15) is 0 Å². The fourth-order valence-electron chi connectivity index (χ4n) is 1.89. The van der Waals surface area contributed by atoms with E-state index in [0.717, 1.165) is 13.1 Å². The van der Waals surface area contributed by atoms with Crippen molar-refractivity contribution in [2.75, 3.05) is 26.2 Å². The van der Waals surface area contributed by atoms with Gasteiger partial charge in [-0.3, -0.25) is 10.4 Å². The fourth-order valence-corrected chi connectivity index (χ4v) is 1.89. The number of guanidine groups is 1. The first-order chi connectivity index (χ1) is 7.33. The minimum atomic E-state index is 0.321. The molecule has 0 atom stereocenters. The van der Waals surface area contributed by atoms with Crippen LogP contribution in [-0.2, 0) is 0 Å². The van der Waals surface area contributed by atoms with Gasteiger partial charge >= 0.3 is 0 Å². The first-order valence-electron chi connectivity index (χ1n) is 5.82. The number of rotatable bonds is 3. The van der Waals surface area contributed by atoms with Crippen LogP contribution in [0.1, 0.15) is 32.1 Å². The Morgan fingerprint density at radius 2 is 1.73 bits per heavy atom. The van der Waals surface area contributed by atoms with E-state index in [2.05, 4.69) is 15.3 Å². The standard InChI is InChI=1S/C10H23N5/c11-10(14-12)13-6-9-15-7-4-2-1-3-5-8-15/h1-9,12H2,(H3,11,13,14). The third kappa shape index (κ3) is 5.59. The van der Waals surface area contributed by atoms with Crippen molar-refractivity contribution in [2.45, 2.75) is 32.1 Å². The monoisotopic (exact) mass is 213 g/mol. The molecule has 1 rings (SSSR count). The van der Waals surface area contributed by atoms with Gasteiger partial charge in [-0.05, 0) is 25.9 Å². The van der Waals surface area contributed by atoms with Gasteiger partial charge in [-0.2, -0.15) is 0 Å². The van der Waals surface area contributed by atoms with Crippen LogP contribution in [0.2, 0.25) is 0 Å². The second-order valence-electron chi connectivity index (χ2n) is 4.02. The van der Waals surface area contributed by atoms with Gasteiger partial charge in [0.2, 0.25) is 5.96 Å². The van der Waals surface area contributed by atoms with Crippen molar-refractivity contribution < 1.29 is 0 Å². The summed E-state index contributed by atoms with van der Waals surface area (Å²) in [4.78, 5) is 6.57. The predicted octanol–water partition coefficient (Wildman–Crippen LogP) is 0.0305. The van der Waals surface area contributed by atoms with Gasteiger partial charge in [0, 0.05) is 6.54 Å². The van der Waals surface area contributed by atoms with Gasteiger partial charge in [0.1, 0.15) is 0 Å². The summed E-state index contributed by atoms with van der Waals surface area (Å²) in [5, 5.41) is 0. The van der Waals surface area contributed by atoms with E-state index in [0.29, 0.717) is 5.96 Å². The molecule has 0 spiro atoms. The molecule has 0 aliphatic carbocycles. The topological polar surface area (TPSA) is 79.7 Å². The Bertz CT molecular complexity index is 184. The number of aliphatic imine (C=N–C) groups is 1. The molecule has 15 heavy (non-hydrogen) atoms. The summed E-state index contributed by atoms with van der Waals surface area (Å²) < 4.78 is 0. The molecular weight excluding hydrogens is 190 g/mol. The predicted molar refractivity (Wildman–Crippen MR) is 63.3 cm³/mol. The Morgan fingerprint density at radius 1 is 1.13 bits per heavy atom. The highest BCUT2D eigenvalue weighted by atomic mass is 15.3. The minimum Gasteiger partial charge on any atom is -0.369 e. The molecule has 0 saturated carbocycles. The van der Waals surface area contributed by atoms with E-state index in [-0.39, 0.29) is 0 Å². The molecule has 0 bridgehead atoms. The first-order valence-corrected chi connectivity index (χ1v) is 5.82. The molecular formula is C10H23N5. The quantitative estimate of drug-likeness (QED) is 0.267. The summed E-state index contributed by atoms with van der Waals surface area (Å²) in [7, 11) is 0. The summed E-state index contributed by atoms with van der Waals surface area (Å²) in [6.45, 7) is 4.12. The Hall–Kier alpha value is -0.810. The molecule has 5 heteroatoms. The smallest absolute Gasteiger partial charge is 0.203 e. The van der Waals surface area contributed by atoms with E-state index in [4.69, 9.17) is 11.6 Å². The molecule has 1 aliphatic rings. The average Bonchev–Trinajstić information content (AvgIpc) is 2.20. The lowest BCUT2D eigenvalue weighted by molar-refractivity contribution is 0.254. The second kappa shape index (κ2) is 7.48. The summed E-state index contributed by atoms with van der Waals surface area (Å²) in [6, 6.07) is 0. The minimum absolute atomic E-state index is 0.321. The lowest BCUT2D eigenvalue weighted by atomic mass is 10.1. The zero-order valence-corrected chi connectivity index (χ0v) is 9.41. The number of hydrazine groups is 1. The largest absolute Gasteiger partial charge is 0.369 e. The first kappa shape index (κ1) is 12.3. The number of hydrogen-bond acceptors (Lipinski definition) is 3. The Balaban J connectivity index is 2.17. The Morgan fingerprint density at radius 3 is 2.33 bits per heavy atom. The van der Waals surface area contributed by atoms with Crippen LogP contribution >= 0.6 is 0 Å². The summed E-state index contributed by atoms with van der Waals surface area (Å²) in [5.74, 6) is 5.44. The third-order valence-corrected chi connectivity index (χ3v) is 2.79. The number of likely N-dealkylation sites (tertiary alicyclic amines) is 1. The highest BCUT2D eigenvalue weighted by Gasteiger charge is 2.06. The number of nitrogens with one attached hydrogen (secondary N) is 1. The van der Waals surface area contributed by atoms with Gasteiger partial charge in [0.25, 0.3) is 0 Å². The highest BCUT2D eigenvalue weighted by Crippen LogP contribution is 2.09. The van der Waals surface area contributed by atoms with E-state index < -0.39 is 0 Å². The van der Waals surface area contributed by atoms with Crippen molar-refractivity contribution in [3.05, 3.63) is 0 Å². The van der Waals surface area contributed by atoms with E-state index in [1.54, 1.807) is 0 Å². The normalized spacial score (nSPS) is 20.7. The summed E-state index contributed by atoms with van der Waals surface area (Å²) in [6.07, 6.45) is 6.76. The number of nitrogens with two attached hydrogens (primary N) is 2. The van der Waals surface area contributed by atoms with Crippen LogP contribution < -0.4 is 17.0 Å². The van der Waals surface area contributed by atoms with Crippen LogP contribution in [0.25, 0.3) is 0 Å². The van der Waals surface area contributed by atoms with Crippen LogP contribution in [0.5, 0.6) is 0 Å². The van der Waals surface area contributed by atoms with Crippen molar-refractivity contribution in [3.8, 4) is 0 Å². The Kier molecular flexibility index (Phi) is 6.11. The van der Waals surface area contributed by atoms with Gasteiger partial charge in [-0.15, -0.1) is 0 Å². The van der Waals surface area contributed by atoms with Crippen molar-refractivity contribution >= 4 is 5.96 Å². The van der Waals surface area contributed by atoms with E-state index in [1.807, 2.05) is 0 Å². The molecule has 1 heterocycles. The molecule has 0 radical (unpaired) electrons. The maximum Gasteiger partial charge on any atom is 0.203 e. The molecule has 0 aromatic carbocycles. The van der Waals surface area contributed by atoms with Crippen molar-refractivity contribution in [3.63, 3.8) is 0 Å². The van der Waals surface area contributed by atoms with E-state index >= 15 is 0 Å². The molecule has 0 amide bonds. The lowest BCUT2D eigenvalue weighted by Gasteiger charge is -2.23. The van der Waals surface area contributed by atoms with Crippen LogP contribution in [0.15, 0.2) is 4.99 Å². The van der Waals surface area contributed by atoms with Crippen LogP contribution in [0, 0.1) is 0 Å². The molecule has 0 unspecified atom stereocenters. The zero-order chi connectivity index (χ0) is 10.9. The maximum atomic E-state index is 5.44. The van der Waals surface area contributed by atoms with Gasteiger partial charge in [0.05, 0.1) is 6.54 Å². The van der Waals surface area contributed by atoms with E-state index in [1.165, 1.54) is 45.2 Å². The molecule has 0 aromatic rings. The van der Waals surface area contributed by atoms with Gasteiger partial charge < -0.3 is 10.6 Å². The van der Waals surface area contributed by atoms with Crippen LogP contribution in [0.3, 0.4) is 0 Å². The molecule has 5 N–H and O–H groups in total. The molecule has 1 saturated heterocycles. The molecule has 5 nitrogen and oxygen atoms in total. The fraction of sp³-hybridized carbons (Fsp3) is 0.900. The third-order valence-electron chi connectivity index (χ3n) is 2.79. The SMILES string of the molecule is NNC(N)=NCCN1CCCCCCC1. The van der Waals surface area contributed by atoms with Gasteiger partial charge in [-0.1, -0.05) is 19.3 Å². The van der Waals surface area contributed by atoms with Crippen LogP contribution in [-0.4, -0.2) is 37.0 Å². The molecule has 88 valence electrons. The van der Waals surface area contributed by atoms with Crippen LogP contribution in [0.4, 0.5) is 0 Å². The summed E-state index contributed by atoms with van der Waals surface area (Å²) in [5.41, 5.74) is 7.77.